The highest BCUT2D eigenvalue weighted by molar-refractivity contribution is 5.93. The van der Waals surface area contributed by atoms with Gasteiger partial charge in [-0.2, -0.15) is 0 Å². The third kappa shape index (κ3) is 4.43. The molecule has 2 rings (SSSR count). The van der Waals surface area contributed by atoms with Crippen molar-refractivity contribution >= 4 is 17.2 Å². The molecule has 0 bridgehead atoms. The van der Waals surface area contributed by atoms with Crippen molar-refractivity contribution in [2.24, 2.45) is 4.99 Å². The summed E-state index contributed by atoms with van der Waals surface area (Å²) in [6.45, 7) is 3.67. The fourth-order valence-corrected chi connectivity index (χ4v) is 1.95. The Balaban J connectivity index is 1.81. The maximum absolute atomic E-state index is 4.55. The minimum atomic E-state index is 0.775. The zero-order valence-electron chi connectivity index (χ0n) is 12.1. The summed E-state index contributed by atoms with van der Waals surface area (Å²) in [5, 5.41) is 3.29. The van der Waals surface area contributed by atoms with Gasteiger partial charge in [0.05, 0.1) is 12.4 Å². The lowest BCUT2D eigenvalue weighted by Crippen LogP contribution is -2.21. The van der Waals surface area contributed by atoms with Crippen molar-refractivity contribution in [1.82, 2.24) is 0 Å². The van der Waals surface area contributed by atoms with Crippen LogP contribution in [0.15, 0.2) is 65.7 Å². The molecule has 0 unspecified atom stereocenters. The Hall–Kier alpha value is -2.29. The average molecular weight is 267 g/mol. The fraction of sp³-hybridized carbons (Fsp3) is 0.235. The van der Waals surface area contributed by atoms with Gasteiger partial charge in [-0.3, -0.25) is 4.99 Å². The van der Waals surface area contributed by atoms with E-state index in [9.17, 15) is 0 Å². The molecule has 104 valence electrons. The van der Waals surface area contributed by atoms with Gasteiger partial charge in [0, 0.05) is 25.0 Å². The highest BCUT2D eigenvalue weighted by Gasteiger charge is 1.98. The van der Waals surface area contributed by atoms with Gasteiger partial charge in [0.2, 0.25) is 0 Å². The quantitative estimate of drug-likeness (QED) is 0.661. The number of nitrogens with zero attached hydrogens (tertiary/aromatic N) is 2. The fourth-order valence-electron chi connectivity index (χ4n) is 1.95. The van der Waals surface area contributed by atoms with Gasteiger partial charge in [-0.05, 0) is 31.2 Å². The summed E-state index contributed by atoms with van der Waals surface area (Å²) >= 11 is 0. The van der Waals surface area contributed by atoms with Crippen LogP contribution in [0, 0.1) is 0 Å². The number of hydrogen-bond acceptors (Lipinski definition) is 2. The van der Waals surface area contributed by atoms with Gasteiger partial charge in [0.15, 0.2) is 0 Å². The standard InChI is InChI=1S/C17H21N3/c1-15(19-16-9-5-3-6-10-16)18-13-14-20(2)17-11-7-4-8-12-17/h3-12H,13-14H2,1-2H3,(H,18,19). The Kier molecular flexibility index (Phi) is 5.18. The van der Waals surface area contributed by atoms with Crippen molar-refractivity contribution in [2.75, 3.05) is 30.4 Å². The van der Waals surface area contributed by atoms with E-state index in [1.165, 1.54) is 5.69 Å². The normalized spacial score (nSPS) is 11.2. The van der Waals surface area contributed by atoms with Crippen LogP contribution in [0.3, 0.4) is 0 Å². The minimum Gasteiger partial charge on any atom is -0.373 e. The number of nitrogens with one attached hydrogen (secondary N) is 1. The Bertz CT molecular complexity index is 535. The first kappa shape index (κ1) is 14.1. The van der Waals surface area contributed by atoms with Crippen LogP contribution in [0.25, 0.3) is 0 Å². The first-order chi connectivity index (χ1) is 9.75. The second kappa shape index (κ2) is 7.34. The largest absolute Gasteiger partial charge is 0.373 e. The lowest BCUT2D eigenvalue weighted by Gasteiger charge is -2.18. The van der Waals surface area contributed by atoms with Crippen LogP contribution >= 0.6 is 0 Å². The molecule has 0 spiro atoms. The molecule has 0 saturated carbocycles. The van der Waals surface area contributed by atoms with Crippen LogP contribution in [-0.4, -0.2) is 26.0 Å². The molecule has 0 aliphatic carbocycles. The highest BCUT2D eigenvalue weighted by Crippen LogP contribution is 2.10. The molecule has 0 saturated heterocycles. The van der Waals surface area contributed by atoms with E-state index in [0.29, 0.717) is 0 Å². The van der Waals surface area contributed by atoms with Crippen LogP contribution in [0.5, 0.6) is 0 Å². The van der Waals surface area contributed by atoms with Crippen molar-refractivity contribution in [3.63, 3.8) is 0 Å². The van der Waals surface area contributed by atoms with Crippen molar-refractivity contribution in [3.05, 3.63) is 60.7 Å². The molecular formula is C17H21N3. The van der Waals surface area contributed by atoms with E-state index in [1.54, 1.807) is 0 Å². The third-order valence-corrected chi connectivity index (χ3v) is 3.08. The van der Waals surface area contributed by atoms with Gasteiger partial charge in [0.1, 0.15) is 0 Å². The molecule has 0 heterocycles. The summed E-state index contributed by atoms with van der Waals surface area (Å²) in [7, 11) is 2.09. The molecule has 1 N–H and O–H groups in total. The molecule has 0 atom stereocenters. The van der Waals surface area contributed by atoms with E-state index in [4.69, 9.17) is 0 Å². The van der Waals surface area contributed by atoms with E-state index in [0.717, 1.165) is 24.6 Å². The van der Waals surface area contributed by atoms with Crippen molar-refractivity contribution < 1.29 is 0 Å². The molecular weight excluding hydrogens is 246 g/mol. The molecule has 3 heteroatoms. The maximum atomic E-state index is 4.55. The number of rotatable bonds is 5. The second-order valence-corrected chi connectivity index (χ2v) is 4.72. The minimum absolute atomic E-state index is 0.775. The maximum Gasteiger partial charge on any atom is 0.0976 e. The first-order valence-electron chi connectivity index (χ1n) is 6.85. The smallest absolute Gasteiger partial charge is 0.0976 e. The molecule has 0 aliphatic heterocycles. The first-order valence-corrected chi connectivity index (χ1v) is 6.85. The summed E-state index contributed by atoms with van der Waals surface area (Å²) in [5.41, 5.74) is 2.29. The van der Waals surface area contributed by atoms with Gasteiger partial charge in [-0.1, -0.05) is 36.4 Å². The number of hydrogen-bond donors (Lipinski definition) is 1. The van der Waals surface area contributed by atoms with Crippen molar-refractivity contribution in [2.45, 2.75) is 6.92 Å². The van der Waals surface area contributed by atoms with Crippen molar-refractivity contribution in [3.8, 4) is 0 Å². The zero-order valence-corrected chi connectivity index (χ0v) is 12.1. The van der Waals surface area contributed by atoms with Crippen LogP contribution in [0.2, 0.25) is 0 Å². The molecule has 0 fully saturated rings. The number of benzene rings is 2. The van der Waals surface area contributed by atoms with Crippen LogP contribution in [-0.2, 0) is 0 Å². The summed E-state index contributed by atoms with van der Waals surface area (Å²) < 4.78 is 0. The van der Waals surface area contributed by atoms with Gasteiger partial charge < -0.3 is 10.2 Å². The van der Waals surface area contributed by atoms with Gasteiger partial charge >= 0.3 is 0 Å². The van der Waals surface area contributed by atoms with E-state index in [1.807, 2.05) is 43.3 Å². The summed E-state index contributed by atoms with van der Waals surface area (Å²) in [6.07, 6.45) is 0. The van der Waals surface area contributed by atoms with Crippen molar-refractivity contribution in [1.29, 1.82) is 0 Å². The molecule has 2 aromatic carbocycles. The predicted molar refractivity (Wildman–Crippen MR) is 87.8 cm³/mol. The molecule has 0 amide bonds. The number of amidine groups is 1. The zero-order chi connectivity index (χ0) is 14.2. The molecule has 20 heavy (non-hydrogen) atoms. The van der Waals surface area contributed by atoms with Gasteiger partial charge in [-0.15, -0.1) is 0 Å². The Labute approximate surface area is 121 Å². The Morgan fingerprint density at radius 2 is 1.60 bits per heavy atom. The SMILES string of the molecule is C/C(=N\CCN(C)c1ccccc1)Nc1ccccc1. The molecule has 3 nitrogen and oxygen atoms in total. The van der Waals surface area contributed by atoms with Crippen LogP contribution in [0.4, 0.5) is 11.4 Å². The molecule has 0 radical (unpaired) electrons. The monoisotopic (exact) mass is 267 g/mol. The summed E-state index contributed by atoms with van der Waals surface area (Å²) in [5.74, 6) is 0.942. The number of aliphatic imine (C=N–C) groups is 1. The highest BCUT2D eigenvalue weighted by atomic mass is 15.1. The Morgan fingerprint density at radius 1 is 1.00 bits per heavy atom. The number of likely N-dealkylation sites (N-methyl/N-ethyl adjacent to an activating group) is 1. The molecule has 2 aromatic rings. The average Bonchev–Trinajstić information content (AvgIpc) is 2.49. The molecule has 0 aliphatic rings. The van der Waals surface area contributed by atoms with Crippen LogP contribution < -0.4 is 10.2 Å². The Morgan fingerprint density at radius 3 is 2.25 bits per heavy atom. The second-order valence-electron chi connectivity index (χ2n) is 4.72. The topological polar surface area (TPSA) is 27.6 Å². The van der Waals surface area contributed by atoms with E-state index in [-0.39, 0.29) is 0 Å². The number of anilines is 2. The van der Waals surface area contributed by atoms with E-state index >= 15 is 0 Å². The summed E-state index contributed by atoms with van der Waals surface area (Å²) in [6, 6.07) is 20.5. The lowest BCUT2D eigenvalue weighted by molar-refractivity contribution is 0.885. The molecule has 0 aromatic heterocycles. The van der Waals surface area contributed by atoms with Crippen LogP contribution in [0.1, 0.15) is 6.92 Å². The lowest BCUT2D eigenvalue weighted by atomic mass is 10.3. The van der Waals surface area contributed by atoms with Gasteiger partial charge in [-0.25, -0.2) is 0 Å². The van der Waals surface area contributed by atoms with E-state index < -0.39 is 0 Å². The predicted octanol–water partition coefficient (Wildman–Crippen LogP) is 3.65. The summed E-state index contributed by atoms with van der Waals surface area (Å²) in [4.78, 5) is 6.76. The van der Waals surface area contributed by atoms with E-state index in [2.05, 4.69) is 46.5 Å². The van der Waals surface area contributed by atoms with Gasteiger partial charge in [0.25, 0.3) is 0 Å². The number of para-hydroxylation sites is 2. The third-order valence-electron chi connectivity index (χ3n) is 3.08.